The number of methoxy groups -OCH3 is 2. The van der Waals surface area contributed by atoms with E-state index < -0.39 is 61.3 Å². The van der Waals surface area contributed by atoms with Crippen LogP contribution in [0.15, 0.2) is 0 Å². The van der Waals surface area contributed by atoms with Crippen LogP contribution < -0.4 is 0 Å². The van der Waals surface area contributed by atoms with Gasteiger partial charge in [0.1, 0.15) is 18.3 Å². The van der Waals surface area contributed by atoms with E-state index in [0.29, 0.717) is 0 Å². The first-order valence-corrected chi connectivity index (χ1v) is 6.87. The second-order valence-electron chi connectivity index (χ2n) is 4.87. The van der Waals surface area contributed by atoms with E-state index in [2.05, 4.69) is 9.47 Å². The molecule has 1 rings (SSSR count). The van der Waals surface area contributed by atoms with Crippen molar-refractivity contribution in [2.75, 3.05) is 20.8 Å². The molecule has 1 aliphatic rings. The van der Waals surface area contributed by atoms with Crippen LogP contribution in [0.1, 0.15) is 6.92 Å². The summed E-state index contributed by atoms with van der Waals surface area (Å²) in [6, 6.07) is 0. The molecule has 0 aromatic carbocycles. The minimum Gasteiger partial charge on any atom is -0.467 e. The van der Waals surface area contributed by atoms with Gasteiger partial charge in [0.05, 0.1) is 20.8 Å². The van der Waals surface area contributed by atoms with E-state index in [4.69, 9.17) is 14.2 Å². The molecule has 3 N–H and O–H groups in total. The van der Waals surface area contributed by atoms with Crippen molar-refractivity contribution in [1.82, 2.24) is 0 Å². The third-order valence-electron chi connectivity index (χ3n) is 3.19. The molecule has 11 heteroatoms. The minimum absolute atomic E-state index is 0.579. The first-order valence-electron chi connectivity index (χ1n) is 6.87. The summed E-state index contributed by atoms with van der Waals surface area (Å²) in [4.78, 5) is 34.0. The Labute approximate surface area is 137 Å². The molecule has 0 bridgehead atoms. The maximum absolute atomic E-state index is 11.5. The fourth-order valence-corrected chi connectivity index (χ4v) is 1.96. The summed E-state index contributed by atoms with van der Waals surface area (Å²) in [6.07, 6.45) is -9.87. The molecule has 1 fully saturated rings. The maximum atomic E-state index is 11.5. The van der Waals surface area contributed by atoms with Crippen molar-refractivity contribution in [1.29, 1.82) is 0 Å². The molecule has 1 heterocycles. The van der Waals surface area contributed by atoms with Crippen LogP contribution in [0.4, 0.5) is 0 Å². The van der Waals surface area contributed by atoms with Crippen molar-refractivity contribution in [3.63, 3.8) is 0 Å². The summed E-state index contributed by atoms with van der Waals surface area (Å²) in [5, 5.41) is 29.3. The molecule has 1 aliphatic heterocycles. The van der Waals surface area contributed by atoms with E-state index in [1.807, 2.05) is 0 Å². The highest BCUT2D eigenvalue weighted by Crippen LogP contribution is 2.23. The molecule has 11 nitrogen and oxygen atoms in total. The Morgan fingerprint density at radius 2 is 1.67 bits per heavy atom. The SMILES string of the molecule is COC(=O)[C@H]1O[C@H](OC[C@@H](OC(C)=O)C(=O)OC)[C@H](O)[C@@H](O)[C@@H]1O. The van der Waals surface area contributed by atoms with Crippen LogP contribution in [0, 0.1) is 0 Å². The van der Waals surface area contributed by atoms with Gasteiger partial charge in [-0.25, -0.2) is 9.59 Å². The molecule has 0 radical (unpaired) electrons. The molecule has 0 aliphatic carbocycles. The van der Waals surface area contributed by atoms with Gasteiger partial charge in [0.25, 0.3) is 0 Å². The smallest absolute Gasteiger partial charge is 0.349 e. The van der Waals surface area contributed by atoms with Crippen LogP contribution in [-0.2, 0) is 38.1 Å². The fourth-order valence-electron chi connectivity index (χ4n) is 1.96. The van der Waals surface area contributed by atoms with Gasteiger partial charge in [-0.1, -0.05) is 0 Å². The summed E-state index contributed by atoms with van der Waals surface area (Å²) in [7, 11) is 2.11. The lowest BCUT2D eigenvalue weighted by Gasteiger charge is -2.39. The largest absolute Gasteiger partial charge is 0.467 e. The normalized spacial score (nSPS) is 31.0. The van der Waals surface area contributed by atoms with Crippen LogP contribution in [-0.4, -0.2) is 90.9 Å². The highest BCUT2D eigenvalue weighted by atomic mass is 16.7. The summed E-state index contributed by atoms with van der Waals surface area (Å²) in [6.45, 7) is 0.486. The number of esters is 3. The number of ether oxygens (including phenoxy) is 5. The summed E-state index contributed by atoms with van der Waals surface area (Å²) >= 11 is 0. The third kappa shape index (κ3) is 4.85. The zero-order chi connectivity index (χ0) is 18.4. The predicted octanol–water partition coefficient (Wildman–Crippen LogP) is -2.91. The highest BCUT2D eigenvalue weighted by Gasteiger charge is 2.48. The molecule has 0 spiro atoms. The van der Waals surface area contributed by atoms with Crippen LogP contribution in [0.3, 0.4) is 0 Å². The Morgan fingerprint density at radius 1 is 1.04 bits per heavy atom. The van der Waals surface area contributed by atoms with Gasteiger partial charge in [0.2, 0.25) is 6.10 Å². The van der Waals surface area contributed by atoms with E-state index in [-0.39, 0.29) is 0 Å². The van der Waals surface area contributed by atoms with Crippen molar-refractivity contribution >= 4 is 17.9 Å². The molecule has 1 saturated heterocycles. The number of rotatable bonds is 6. The van der Waals surface area contributed by atoms with Crippen LogP contribution in [0.25, 0.3) is 0 Å². The number of hydrogen-bond donors (Lipinski definition) is 3. The lowest BCUT2D eigenvalue weighted by molar-refractivity contribution is -0.298. The quantitative estimate of drug-likeness (QED) is 0.332. The molecular formula is C13H20O11. The van der Waals surface area contributed by atoms with E-state index in [1.54, 1.807) is 0 Å². The molecule has 0 aromatic heterocycles. The first kappa shape index (κ1) is 20.3. The molecule has 0 saturated carbocycles. The van der Waals surface area contributed by atoms with Gasteiger partial charge in [-0.15, -0.1) is 0 Å². The third-order valence-corrected chi connectivity index (χ3v) is 3.19. The topological polar surface area (TPSA) is 158 Å². The predicted molar refractivity (Wildman–Crippen MR) is 72.2 cm³/mol. The van der Waals surface area contributed by atoms with Gasteiger partial charge in [-0.3, -0.25) is 4.79 Å². The van der Waals surface area contributed by atoms with Crippen molar-refractivity contribution in [2.45, 2.75) is 43.7 Å². The van der Waals surface area contributed by atoms with Crippen molar-refractivity contribution < 1.29 is 53.4 Å². The number of aliphatic hydroxyl groups is 3. The van der Waals surface area contributed by atoms with E-state index in [9.17, 15) is 29.7 Å². The van der Waals surface area contributed by atoms with E-state index >= 15 is 0 Å². The van der Waals surface area contributed by atoms with Crippen LogP contribution in [0.5, 0.6) is 0 Å². The Bertz CT molecular complexity index is 465. The molecule has 138 valence electrons. The van der Waals surface area contributed by atoms with Crippen LogP contribution in [0.2, 0.25) is 0 Å². The zero-order valence-corrected chi connectivity index (χ0v) is 13.3. The van der Waals surface area contributed by atoms with Gasteiger partial charge in [0, 0.05) is 6.92 Å². The Morgan fingerprint density at radius 3 is 2.17 bits per heavy atom. The molecule has 6 atom stereocenters. The second-order valence-corrected chi connectivity index (χ2v) is 4.87. The average Bonchev–Trinajstić information content (AvgIpc) is 2.56. The van der Waals surface area contributed by atoms with Gasteiger partial charge in [-0.2, -0.15) is 0 Å². The summed E-state index contributed by atoms with van der Waals surface area (Å²) < 4.78 is 23.7. The highest BCUT2D eigenvalue weighted by molar-refractivity contribution is 5.78. The minimum atomic E-state index is -1.77. The summed E-state index contributed by atoms with van der Waals surface area (Å²) in [5.41, 5.74) is 0. The number of aliphatic hydroxyl groups excluding tert-OH is 3. The Hall–Kier alpha value is -1.79. The standard InChI is InChI=1S/C13H20O11/c1-5(14)23-6(11(18)20-2)4-22-13-9(17)7(15)8(16)10(24-13)12(19)21-3/h6-10,13,15-17H,4H2,1-3H3/t6-,7+,8+,9-,10+,13+/m1/s1. The first-order chi connectivity index (χ1) is 11.2. The average molecular weight is 352 g/mol. The monoisotopic (exact) mass is 352 g/mol. The zero-order valence-electron chi connectivity index (χ0n) is 13.3. The molecular weight excluding hydrogens is 332 g/mol. The lowest BCUT2D eigenvalue weighted by atomic mass is 9.99. The Kier molecular flexibility index (Phi) is 7.51. The lowest BCUT2D eigenvalue weighted by Crippen LogP contribution is -2.60. The van der Waals surface area contributed by atoms with Gasteiger partial charge in [-0.05, 0) is 0 Å². The van der Waals surface area contributed by atoms with Crippen molar-refractivity contribution in [3.05, 3.63) is 0 Å². The molecule has 24 heavy (non-hydrogen) atoms. The molecule has 0 unspecified atom stereocenters. The Balaban J connectivity index is 2.77. The van der Waals surface area contributed by atoms with Gasteiger partial charge < -0.3 is 39.0 Å². The van der Waals surface area contributed by atoms with Crippen molar-refractivity contribution in [2.24, 2.45) is 0 Å². The van der Waals surface area contributed by atoms with E-state index in [1.165, 1.54) is 0 Å². The van der Waals surface area contributed by atoms with Gasteiger partial charge >= 0.3 is 17.9 Å². The van der Waals surface area contributed by atoms with Crippen molar-refractivity contribution in [3.8, 4) is 0 Å². The molecule has 0 amide bonds. The second kappa shape index (κ2) is 8.89. The fraction of sp³-hybridized carbons (Fsp3) is 0.769. The van der Waals surface area contributed by atoms with Crippen LogP contribution >= 0.6 is 0 Å². The summed E-state index contributed by atoms with van der Waals surface area (Å²) in [5.74, 6) is -2.69. The van der Waals surface area contributed by atoms with Gasteiger partial charge in [0.15, 0.2) is 12.4 Å². The molecule has 0 aromatic rings. The number of carbonyl (C=O) groups excluding carboxylic acids is 3. The van der Waals surface area contributed by atoms with E-state index in [0.717, 1.165) is 21.1 Å². The number of carbonyl (C=O) groups is 3. The number of hydrogen-bond acceptors (Lipinski definition) is 11. The maximum Gasteiger partial charge on any atom is 0.349 e.